The van der Waals surface area contributed by atoms with Gasteiger partial charge in [0.2, 0.25) is 11.2 Å². The van der Waals surface area contributed by atoms with E-state index in [0.717, 1.165) is 5.56 Å². The lowest BCUT2D eigenvalue weighted by Crippen LogP contribution is -2.02. The Morgan fingerprint density at radius 1 is 0.846 bits per heavy atom. The lowest BCUT2D eigenvalue weighted by molar-refractivity contribution is 0.306. The quantitative estimate of drug-likeness (QED) is 0.581. The van der Waals surface area contributed by atoms with E-state index in [9.17, 15) is 9.90 Å². The second-order valence-electron chi connectivity index (χ2n) is 5.90. The van der Waals surface area contributed by atoms with E-state index in [0.29, 0.717) is 28.9 Å². The number of hydrogen-bond donors (Lipinski definition) is 1. The highest BCUT2D eigenvalue weighted by Crippen LogP contribution is 2.31. The van der Waals surface area contributed by atoms with Gasteiger partial charge in [0, 0.05) is 5.56 Å². The third-order valence-electron chi connectivity index (χ3n) is 4.14. The van der Waals surface area contributed by atoms with Crippen LogP contribution in [0.15, 0.2) is 88.1 Å². The van der Waals surface area contributed by atoms with E-state index in [-0.39, 0.29) is 11.5 Å². The average molecular weight is 344 g/mol. The predicted octanol–water partition coefficient (Wildman–Crippen LogP) is 4.74. The van der Waals surface area contributed by atoms with E-state index in [2.05, 4.69) is 0 Å². The van der Waals surface area contributed by atoms with Crippen LogP contribution in [0.2, 0.25) is 0 Å². The van der Waals surface area contributed by atoms with Crippen LogP contribution in [0.1, 0.15) is 5.56 Å². The first-order valence-electron chi connectivity index (χ1n) is 8.24. The maximum Gasteiger partial charge on any atom is 0.235 e. The zero-order valence-corrected chi connectivity index (χ0v) is 13.9. The molecular weight excluding hydrogens is 328 g/mol. The second kappa shape index (κ2) is 6.76. The number of fused-ring (bicyclic) bond motifs is 1. The van der Waals surface area contributed by atoms with Gasteiger partial charge in [-0.25, -0.2) is 0 Å². The van der Waals surface area contributed by atoms with E-state index >= 15 is 0 Å². The van der Waals surface area contributed by atoms with Crippen LogP contribution in [0.5, 0.6) is 11.5 Å². The topological polar surface area (TPSA) is 59.7 Å². The SMILES string of the molecule is O=c1c(O)c(-c2ccc(OCc3ccccc3)cc2)oc2ccccc12. The summed E-state index contributed by atoms with van der Waals surface area (Å²) in [7, 11) is 0. The molecule has 4 aromatic rings. The Morgan fingerprint density at radius 3 is 2.31 bits per heavy atom. The molecule has 0 radical (unpaired) electrons. The van der Waals surface area contributed by atoms with Crippen LogP contribution < -0.4 is 10.2 Å². The molecule has 0 amide bonds. The molecule has 0 bridgehead atoms. The molecule has 1 N–H and O–H groups in total. The third kappa shape index (κ3) is 3.05. The number of hydrogen-bond acceptors (Lipinski definition) is 4. The van der Waals surface area contributed by atoms with Gasteiger partial charge < -0.3 is 14.3 Å². The van der Waals surface area contributed by atoms with Crippen LogP contribution in [-0.4, -0.2) is 5.11 Å². The molecule has 1 heterocycles. The summed E-state index contributed by atoms with van der Waals surface area (Å²) in [6, 6.07) is 23.8. The maximum absolute atomic E-state index is 12.3. The third-order valence-corrected chi connectivity index (χ3v) is 4.14. The van der Waals surface area contributed by atoms with E-state index in [1.807, 2.05) is 30.3 Å². The standard InChI is InChI=1S/C22H16O4/c23-20-18-8-4-5-9-19(18)26-22(21(20)24)16-10-12-17(13-11-16)25-14-15-6-2-1-3-7-15/h1-13,24H,14H2. The lowest BCUT2D eigenvalue weighted by Gasteiger charge is -2.08. The minimum atomic E-state index is -0.439. The molecule has 4 rings (SSSR count). The monoisotopic (exact) mass is 344 g/mol. The molecular formula is C22H16O4. The van der Waals surface area contributed by atoms with Gasteiger partial charge in [0.1, 0.15) is 17.9 Å². The fourth-order valence-electron chi connectivity index (χ4n) is 2.77. The van der Waals surface area contributed by atoms with Gasteiger partial charge in [-0.1, -0.05) is 42.5 Å². The van der Waals surface area contributed by atoms with Crippen molar-refractivity contribution in [1.82, 2.24) is 0 Å². The summed E-state index contributed by atoms with van der Waals surface area (Å²) in [5.74, 6) is 0.463. The largest absolute Gasteiger partial charge is 0.502 e. The highest BCUT2D eigenvalue weighted by Gasteiger charge is 2.15. The molecule has 0 fully saturated rings. The van der Waals surface area contributed by atoms with Gasteiger partial charge in [-0.05, 0) is 42.0 Å². The van der Waals surface area contributed by atoms with E-state index in [1.54, 1.807) is 48.5 Å². The van der Waals surface area contributed by atoms with Crippen molar-refractivity contribution in [1.29, 1.82) is 0 Å². The zero-order valence-electron chi connectivity index (χ0n) is 13.9. The van der Waals surface area contributed by atoms with Crippen molar-refractivity contribution in [3.8, 4) is 22.8 Å². The highest BCUT2D eigenvalue weighted by molar-refractivity contribution is 5.81. The Balaban J connectivity index is 1.62. The van der Waals surface area contributed by atoms with Crippen LogP contribution >= 0.6 is 0 Å². The highest BCUT2D eigenvalue weighted by atomic mass is 16.5. The van der Waals surface area contributed by atoms with E-state index in [1.165, 1.54) is 0 Å². The summed E-state index contributed by atoms with van der Waals surface area (Å²) in [5, 5.41) is 10.6. The van der Waals surface area contributed by atoms with Gasteiger partial charge in [0.25, 0.3) is 0 Å². The molecule has 26 heavy (non-hydrogen) atoms. The first kappa shape index (κ1) is 16.0. The molecule has 1 aromatic heterocycles. The molecule has 0 saturated carbocycles. The molecule has 0 atom stereocenters. The Kier molecular flexibility index (Phi) is 4.15. The van der Waals surface area contributed by atoms with Crippen molar-refractivity contribution in [2.45, 2.75) is 6.61 Å². The van der Waals surface area contributed by atoms with Crippen LogP contribution in [0.4, 0.5) is 0 Å². The van der Waals surface area contributed by atoms with Crippen LogP contribution in [-0.2, 0) is 6.61 Å². The van der Waals surface area contributed by atoms with Gasteiger partial charge in [0.15, 0.2) is 5.76 Å². The molecule has 128 valence electrons. The molecule has 0 unspecified atom stereocenters. The predicted molar refractivity (Wildman–Crippen MR) is 100 cm³/mol. The number of ether oxygens (including phenoxy) is 1. The molecule has 3 aromatic carbocycles. The van der Waals surface area contributed by atoms with Crippen molar-refractivity contribution in [3.63, 3.8) is 0 Å². The number of benzene rings is 3. The summed E-state index contributed by atoms with van der Waals surface area (Å²) in [6.45, 7) is 0.469. The Hall–Kier alpha value is -3.53. The summed E-state index contributed by atoms with van der Waals surface area (Å²) in [5.41, 5.74) is 1.69. The van der Waals surface area contributed by atoms with E-state index < -0.39 is 5.43 Å². The maximum atomic E-state index is 12.3. The molecule has 0 spiro atoms. The Morgan fingerprint density at radius 2 is 1.54 bits per heavy atom. The fraction of sp³-hybridized carbons (Fsp3) is 0.0455. The van der Waals surface area contributed by atoms with Gasteiger partial charge in [-0.2, -0.15) is 0 Å². The number of aromatic hydroxyl groups is 1. The molecule has 0 aliphatic heterocycles. The normalized spacial score (nSPS) is 10.8. The first-order valence-corrected chi connectivity index (χ1v) is 8.24. The lowest BCUT2D eigenvalue weighted by atomic mass is 10.1. The summed E-state index contributed by atoms with van der Waals surface area (Å²) in [6.07, 6.45) is 0. The summed E-state index contributed by atoms with van der Waals surface area (Å²) >= 11 is 0. The number of para-hydroxylation sites is 1. The van der Waals surface area contributed by atoms with Crippen molar-refractivity contribution in [2.24, 2.45) is 0 Å². The van der Waals surface area contributed by atoms with Gasteiger partial charge in [0.05, 0.1) is 5.39 Å². The number of rotatable bonds is 4. The van der Waals surface area contributed by atoms with Crippen molar-refractivity contribution in [2.75, 3.05) is 0 Å². The summed E-state index contributed by atoms with van der Waals surface area (Å²) < 4.78 is 11.5. The Bertz CT molecular complexity index is 1100. The Labute approximate surface area is 149 Å². The molecule has 0 aliphatic carbocycles. The average Bonchev–Trinajstić information content (AvgIpc) is 2.70. The first-order chi connectivity index (χ1) is 12.7. The molecule has 4 nitrogen and oxygen atoms in total. The fourth-order valence-corrected chi connectivity index (χ4v) is 2.77. The molecule has 4 heteroatoms. The second-order valence-corrected chi connectivity index (χ2v) is 5.90. The van der Waals surface area contributed by atoms with Crippen LogP contribution in [0.25, 0.3) is 22.3 Å². The molecule has 0 saturated heterocycles. The van der Waals surface area contributed by atoms with Gasteiger partial charge in [-0.3, -0.25) is 4.79 Å². The minimum Gasteiger partial charge on any atom is -0.502 e. The van der Waals surface area contributed by atoms with Crippen molar-refractivity contribution < 1.29 is 14.3 Å². The van der Waals surface area contributed by atoms with Crippen molar-refractivity contribution >= 4 is 11.0 Å². The zero-order chi connectivity index (χ0) is 17.9. The summed E-state index contributed by atoms with van der Waals surface area (Å²) in [4.78, 5) is 12.3. The van der Waals surface area contributed by atoms with Crippen LogP contribution in [0.3, 0.4) is 0 Å². The molecule has 0 aliphatic rings. The van der Waals surface area contributed by atoms with E-state index in [4.69, 9.17) is 9.15 Å². The van der Waals surface area contributed by atoms with Crippen molar-refractivity contribution in [3.05, 3.63) is 94.6 Å². The van der Waals surface area contributed by atoms with Gasteiger partial charge in [-0.15, -0.1) is 0 Å². The van der Waals surface area contributed by atoms with Gasteiger partial charge >= 0.3 is 0 Å². The van der Waals surface area contributed by atoms with Crippen LogP contribution in [0, 0.1) is 0 Å². The smallest absolute Gasteiger partial charge is 0.235 e. The minimum absolute atomic E-state index is 0.156.